The molecule has 1 amide bonds. The molecule has 0 saturated carbocycles. The second kappa shape index (κ2) is 9.00. The molecule has 0 aliphatic rings. The number of esters is 1. The van der Waals surface area contributed by atoms with Gasteiger partial charge in [-0.25, -0.2) is 4.79 Å². The molecule has 0 bridgehead atoms. The number of benzene rings is 2. The number of aromatic nitrogens is 1. The molecule has 0 spiro atoms. The standard InChI is InChI=1S/C21H23N3O3/c1-27-21(26)15-6-8-17(9-7-15)24-20(25)11-13-22-12-10-16-14-23-19-5-3-2-4-18(16)19/h2-9,14,22-23H,10-13H2,1H3,(H,24,25). The van der Waals surface area contributed by atoms with Crippen LogP contribution in [0.25, 0.3) is 10.9 Å². The Labute approximate surface area is 157 Å². The summed E-state index contributed by atoms with van der Waals surface area (Å²) < 4.78 is 4.65. The van der Waals surface area contributed by atoms with E-state index in [1.807, 2.05) is 18.3 Å². The minimum Gasteiger partial charge on any atom is -0.465 e. The van der Waals surface area contributed by atoms with Gasteiger partial charge in [-0.1, -0.05) is 18.2 Å². The van der Waals surface area contributed by atoms with Crippen LogP contribution in [0.15, 0.2) is 54.7 Å². The van der Waals surface area contributed by atoms with Gasteiger partial charge in [0.2, 0.25) is 5.91 Å². The van der Waals surface area contributed by atoms with E-state index in [0.29, 0.717) is 24.2 Å². The number of para-hydroxylation sites is 1. The van der Waals surface area contributed by atoms with Crippen LogP contribution in [0.5, 0.6) is 0 Å². The summed E-state index contributed by atoms with van der Waals surface area (Å²) >= 11 is 0. The highest BCUT2D eigenvalue weighted by Crippen LogP contribution is 2.17. The number of fused-ring (bicyclic) bond motifs is 1. The number of carbonyl (C=O) groups excluding carboxylic acids is 2. The van der Waals surface area contributed by atoms with Gasteiger partial charge in [0, 0.05) is 35.8 Å². The number of anilines is 1. The Kier molecular flexibility index (Phi) is 6.22. The number of carbonyl (C=O) groups is 2. The van der Waals surface area contributed by atoms with Crippen LogP contribution < -0.4 is 10.6 Å². The summed E-state index contributed by atoms with van der Waals surface area (Å²) in [7, 11) is 1.34. The van der Waals surface area contributed by atoms with E-state index in [-0.39, 0.29) is 5.91 Å². The summed E-state index contributed by atoms with van der Waals surface area (Å²) in [5, 5.41) is 7.36. The van der Waals surface area contributed by atoms with Crippen LogP contribution >= 0.6 is 0 Å². The molecule has 2 aromatic carbocycles. The van der Waals surface area contributed by atoms with Gasteiger partial charge in [0.05, 0.1) is 12.7 Å². The SMILES string of the molecule is COC(=O)c1ccc(NC(=O)CCNCCc2c[nH]c3ccccc23)cc1. The molecule has 1 aromatic heterocycles. The average Bonchev–Trinajstić information content (AvgIpc) is 3.11. The normalized spacial score (nSPS) is 10.7. The van der Waals surface area contributed by atoms with E-state index in [0.717, 1.165) is 18.5 Å². The van der Waals surface area contributed by atoms with Crippen LogP contribution in [0.3, 0.4) is 0 Å². The molecule has 1 heterocycles. The van der Waals surface area contributed by atoms with Crippen molar-refractivity contribution in [1.29, 1.82) is 0 Å². The van der Waals surface area contributed by atoms with E-state index in [1.54, 1.807) is 24.3 Å². The van der Waals surface area contributed by atoms with E-state index in [1.165, 1.54) is 18.1 Å². The van der Waals surface area contributed by atoms with Gasteiger partial charge in [-0.05, 0) is 48.9 Å². The highest BCUT2D eigenvalue weighted by Gasteiger charge is 2.07. The summed E-state index contributed by atoms with van der Waals surface area (Å²) in [6.07, 6.45) is 3.32. The predicted octanol–water partition coefficient (Wildman–Crippen LogP) is 3.12. The lowest BCUT2D eigenvalue weighted by Gasteiger charge is -2.07. The van der Waals surface area contributed by atoms with Gasteiger partial charge < -0.3 is 20.4 Å². The number of amides is 1. The van der Waals surface area contributed by atoms with Crippen molar-refractivity contribution >= 4 is 28.5 Å². The van der Waals surface area contributed by atoms with Gasteiger partial charge in [0.25, 0.3) is 0 Å². The molecule has 27 heavy (non-hydrogen) atoms. The van der Waals surface area contributed by atoms with Gasteiger partial charge in [-0.2, -0.15) is 0 Å². The largest absolute Gasteiger partial charge is 0.465 e. The molecule has 3 rings (SSSR count). The van der Waals surface area contributed by atoms with Gasteiger partial charge in [0.1, 0.15) is 0 Å². The first-order valence-electron chi connectivity index (χ1n) is 8.91. The van der Waals surface area contributed by atoms with Crippen molar-refractivity contribution in [3.05, 3.63) is 65.9 Å². The summed E-state index contributed by atoms with van der Waals surface area (Å²) in [6.45, 7) is 1.41. The number of rotatable bonds is 8. The number of hydrogen-bond acceptors (Lipinski definition) is 4. The Morgan fingerprint density at radius 3 is 2.59 bits per heavy atom. The number of hydrogen-bond donors (Lipinski definition) is 3. The number of H-pyrrole nitrogens is 1. The Hall–Kier alpha value is -3.12. The van der Waals surface area contributed by atoms with Crippen molar-refractivity contribution in [3.63, 3.8) is 0 Å². The monoisotopic (exact) mass is 365 g/mol. The zero-order chi connectivity index (χ0) is 19.1. The Bertz CT molecular complexity index is 916. The van der Waals surface area contributed by atoms with E-state index in [4.69, 9.17) is 0 Å². The minimum absolute atomic E-state index is 0.0691. The van der Waals surface area contributed by atoms with Crippen LogP contribution in [0.2, 0.25) is 0 Å². The predicted molar refractivity (Wildman–Crippen MR) is 106 cm³/mol. The zero-order valence-electron chi connectivity index (χ0n) is 15.2. The summed E-state index contributed by atoms with van der Waals surface area (Å²) in [6, 6.07) is 14.9. The third-order valence-corrected chi connectivity index (χ3v) is 4.36. The fourth-order valence-corrected chi connectivity index (χ4v) is 2.92. The molecule has 6 nitrogen and oxygen atoms in total. The van der Waals surface area contributed by atoms with Crippen LogP contribution in [0.4, 0.5) is 5.69 Å². The van der Waals surface area contributed by atoms with Crippen molar-refractivity contribution in [3.8, 4) is 0 Å². The Morgan fingerprint density at radius 2 is 1.81 bits per heavy atom. The number of nitrogens with one attached hydrogen (secondary N) is 3. The molecule has 0 fully saturated rings. The lowest BCUT2D eigenvalue weighted by atomic mass is 10.1. The Balaban J connectivity index is 1.37. The molecule has 3 N–H and O–H groups in total. The van der Waals surface area contributed by atoms with Gasteiger partial charge in [0.15, 0.2) is 0 Å². The summed E-state index contributed by atoms with van der Waals surface area (Å²) in [5.74, 6) is -0.465. The molecular formula is C21H23N3O3. The van der Waals surface area contributed by atoms with E-state index in [2.05, 4.69) is 32.5 Å². The van der Waals surface area contributed by atoms with Gasteiger partial charge in [-0.3, -0.25) is 4.79 Å². The first kappa shape index (κ1) is 18.7. The fourth-order valence-electron chi connectivity index (χ4n) is 2.92. The van der Waals surface area contributed by atoms with Gasteiger partial charge >= 0.3 is 5.97 Å². The molecule has 0 aliphatic carbocycles. The molecule has 0 aliphatic heterocycles. The first-order valence-corrected chi connectivity index (χ1v) is 8.91. The second-order valence-corrected chi connectivity index (χ2v) is 6.23. The van der Waals surface area contributed by atoms with Crippen molar-refractivity contribution in [2.24, 2.45) is 0 Å². The molecule has 0 atom stereocenters. The molecule has 0 saturated heterocycles. The summed E-state index contributed by atoms with van der Waals surface area (Å²) in [5.41, 5.74) is 3.53. The molecule has 0 radical (unpaired) electrons. The summed E-state index contributed by atoms with van der Waals surface area (Å²) in [4.78, 5) is 26.7. The van der Waals surface area contributed by atoms with Crippen molar-refractivity contribution in [2.75, 3.05) is 25.5 Å². The number of methoxy groups -OCH3 is 1. The van der Waals surface area contributed by atoms with Crippen molar-refractivity contribution in [2.45, 2.75) is 12.8 Å². The van der Waals surface area contributed by atoms with E-state index >= 15 is 0 Å². The first-order chi connectivity index (χ1) is 13.2. The maximum atomic E-state index is 12.0. The van der Waals surface area contributed by atoms with Crippen molar-refractivity contribution < 1.29 is 14.3 Å². The average molecular weight is 365 g/mol. The van der Waals surface area contributed by atoms with Crippen LogP contribution in [-0.4, -0.2) is 37.1 Å². The molecule has 0 unspecified atom stereocenters. The number of ether oxygens (including phenoxy) is 1. The smallest absolute Gasteiger partial charge is 0.337 e. The molecule has 3 aromatic rings. The topological polar surface area (TPSA) is 83.2 Å². The second-order valence-electron chi connectivity index (χ2n) is 6.23. The van der Waals surface area contributed by atoms with E-state index in [9.17, 15) is 9.59 Å². The highest BCUT2D eigenvalue weighted by atomic mass is 16.5. The number of aromatic amines is 1. The molecule has 140 valence electrons. The lowest BCUT2D eigenvalue weighted by Crippen LogP contribution is -2.23. The quantitative estimate of drug-likeness (QED) is 0.423. The molecule has 6 heteroatoms. The Morgan fingerprint density at radius 1 is 1.04 bits per heavy atom. The third-order valence-electron chi connectivity index (χ3n) is 4.36. The maximum absolute atomic E-state index is 12.0. The maximum Gasteiger partial charge on any atom is 0.337 e. The van der Waals surface area contributed by atoms with Crippen molar-refractivity contribution in [1.82, 2.24) is 10.3 Å². The molecular weight excluding hydrogens is 342 g/mol. The third kappa shape index (κ3) is 4.95. The lowest BCUT2D eigenvalue weighted by molar-refractivity contribution is -0.116. The van der Waals surface area contributed by atoms with Crippen LogP contribution in [0, 0.1) is 0 Å². The minimum atomic E-state index is -0.396. The zero-order valence-corrected chi connectivity index (χ0v) is 15.2. The van der Waals surface area contributed by atoms with E-state index < -0.39 is 5.97 Å². The van der Waals surface area contributed by atoms with Gasteiger partial charge in [-0.15, -0.1) is 0 Å². The highest BCUT2D eigenvalue weighted by molar-refractivity contribution is 5.93. The fraction of sp³-hybridized carbons (Fsp3) is 0.238. The van der Waals surface area contributed by atoms with Crippen LogP contribution in [0.1, 0.15) is 22.3 Å². The van der Waals surface area contributed by atoms with Crippen LogP contribution in [-0.2, 0) is 16.0 Å².